The molecule has 0 radical (unpaired) electrons. The molecule has 0 bridgehead atoms. The molecule has 0 heterocycles. The van der Waals surface area contributed by atoms with Crippen LogP contribution < -0.4 is 4.74 Å². The highest BCUT2D eigenvalue weighted by Gasteiger charge is 2.22. The van der Waals surface area contributed by atoms with Crippen LogP contribution in [0.15, 0.2) is 16.6 Å². The molecule has 17 heavy (non-hydrogen) atoms. The number of aryl methyl sites for hydroxylation is 1. The zero-order valence-corrected chi connectivity index (χ0v) is 11.6. The van der Waals surface area contributed by atoms with Gasteiger partial charge in [0.15, 0.2) is 6.10 Å². The van der Waals surface area contributed by atoms with Crippen molar-refractivity contribution in [1.29, 1.82) is 0 Å². The molecule has 0 aliphatic heterocycles. The zero-order chi connectivity index (χ0) is 13.0. The summed E-state index contributed by atoms with van der Waals surface area (Å²) in [6.07, 6.45) is -1.31. The summed E-state index contributed by atoms with van der Waals surface area (Å²) in [6, 6.07) is 3.42. The summed E-state index contributed by atoms with van der Waals surface area (Å²) in [7, 11) is 1.53. The van der Waals surface area contributed by atoms with Crippen LogP contribution in [0.4, 0.5) is 0 Å². The van der Waals surface area contributed by atoms with E-state index in [1.54, 1.807) is 13.0 Å². The van der Waals surface area contributed by atoms with Gasteiger partial charge in [0, 0.05) is 10.0 Å². The highest BCUT2D eigenvalue weighted by atomic mass is 79.9. The fraction of sp³-hybridized carbons (Fsp3) is 0.417. The number of hydrogen-bond acceptors (Lipinski definition) is 4. The molecule has 0 aliphatic rings. The molecule has 1 atom stereocenters. The maximum absolute atomic E-state index is 11.5. The third-order valence-electron chi connectivity index (χ3n) is 2.30. The van der Waals surface area contributed by atoms with Gasteiger partial charge in [-0.1, -0.05) is 15.9 Å². The Morgan fingerprint density at radius 2 is 2.18 bits per heavy atom. The fourth-order valence-electron chi connectivity index (χ4n) is 1.43. The molecule has 1 rings (SSSR count). The number of halogens is 1. The highest BCUT2D eigenvalue weighted by molar-refractivity contribution is 9.10. The van der Waals surface area contributed by atoms with Gasteiger partial charge in [-0.2, -0.15) is 0 Å². The first-order chi connectivity index (χ1) is 8.01. The van der Waals surface area contributed by atoms with Crippen molar-refractivity contribution in [3.05, 3.63) is 27.7 Å². The second-order valence-corrected chi connectivity index (χ2v) is 4.30. The standard InChI is InChI=1S/C12H15BrO4/c1-4-17-12(15)11(14)9-6-8(16-3)5-7(2)10(9)13/h5-6,11,14H,4H2,1-3H3. The first-order valence-corrected chi connectivity index (χ1v) is 5.99. The van der Waals surface area contributed by atoms with E-state index in [1.165, 1.54) is 7.11 Å². The Bertz CT molecular complexity index is 417. The summed E-state index contributed by atoms with van der Waals surface area (Å²) >= 11 is 3.34. The van der Waals surface area contributed by atoms with Crippen LogP contribution in [0.3, 0.4) is 0 Å². The molecule has 5 heteroatoms. The minimum atomic E-state index is -1.31. The topological polar surface area (TPSA) is 55.8 Å². The van der Waals surface area contributed by atoms with Crippen molar-refractivity contribution in [3.8, 4) is 5.75 Å². The Hall–Kier alpha value is -1.07. The summed E-state index contributed by atoms with van der Waals surface area (Å²) in [5, 5.41) is 9.89. The Kier molecular flexibility index (Phi) is 4.96. The van der Waals surface area contributed by atoms with Crippen LogP contribution in [0.5, 0.6) is 5.75 Å². The number of esters is 1. The minimum Gasteiger partial charge on any atom is -0.497 e. The number of carbonyl (C=O) groups excluding carboxylic acids is 1. The average molecular weight is 303 g/mol. The summed E-state index contributed by atoms with van der Waals surface area (Å²) in [4.78, 5) is 11.5. The van der Waals surface area contributed by atoms with E-state index in [-0.39, 0.29) is 6.61 Å². The minimum absolute atomic E-state index is 0.233. The lowest BCUT2D eigenvalue weighted by Gasteiger charge is -2.14. The molecule has 0 fully saturated rings. The van der Waals surface area contributed by atoms with Crippen LogP contribution in [0.25, 0.3) is 0 Å². The van der Waals surface area contributed by atoms with Crippen molar-refractivity contribution in [2.24, 2.45) is 0 Å². The number of aliphatic hydroxyl groups excluding tert-OH is 1. The molecule has 1 N–H and O–H groups in total. The summed E-state index contributed by atoms with van der Waals surface area (Å²) < 4.78 is 10.6. The van der Waals surface area contributed by atoms with Crippen molar-refractivity contribution in [2.75, 3.05) is 13.7 Å². The van der Waals surface area contributed by atoms with Crippen molar-refractivity contribution < 1.29 is 19.4 Å². The first-order valence-electron chi connectivity index (χ1n) is 5.20. The van der Waals surface area contributed by atoms with Crippen molar-refractivity contribution in [2.45, 2.75) is 20.0 Å². The normalized spacial score (nSPS) is 12.1. The van der Waals surface area contributed by atoms with E-state index in [0.29, 0.717) is 15.8 Å². The van der Waals surface area contributed by atoms with Crippen LogP contribution in [0.1, 0.15) is 24.2 Å². The van der Waals surface area contributed by atoms with E-state index in [4.69, 9.17) is 9.47 Å². The maximum atomic E-state index is 11.5. The molecule has 0 spiro atoms. The molecule has 0 aromatic heterocycles. The third kappa shape index (κ3) is 3.20. The molecular formula is C12H15BrO4. The number of methoxy groups -OCH3 is 1. The second-order valence-electron chi connectivity index (χ2n) is 3.50. The quantitative estimate of drug-likeness (QED) is 0.868. The summed E-state index contributed by atoms with van der Waals surface area (Å²) in [5.74, 6) is -0.0788. The monoisotopic (exact) mass is 302 g/mol. The molecule has 1 unspecified atom stereocenters. The van der Waals surface area contributed by atoms with Crippen LogP contribution in [-0.2, 0) is 9.53 Å². The lowest BCUT2D eigenvalue weighted by Crippen LogP contribution is -2.16. The Morgan fingerprint density at radius 1 is 1.53 bits per heavy atom. The van der Waals surface area contributed by atoms with E-state index in [0.717, 1.165) is 5.56 Å². The Labute approximate surface area is 109 Å². The number of rotatable bonds is 4. The van der Waals surface area contributed by atoms with Crippen molar-refractivity contribution in [3.63, 3.8) is 0 Å². The van der Waals surface area contributed by atoms with Gasteiger partial charge in [0.25, 0.3) is 0 Å². The lowest BCUT2D eigenvalue weighted by atomic mass is 10.1. The Morgan fingerprint density at radius 3 is 2.71 bits per heavy atom. The van der Waals surface area contributed by atoms with Gasteiger partial charge in [-0.15, -0.1) is 0 Å². The number of hydrogen-bond donors (Lipinski definition) is 1. The van der Waals surface area contributed by atoms with E-state index in [2.05, 4.69) is 15.9 Å². The van der Waals surface area contributed by atoms with Gasteiger partial charge in [-0.3, -0.25) is 0 Å². The van der Waals surface area contributed by atoms with Crippen molar-refractivity contribution in [1.82, 2.24) is 0 Å². The molecule has 94 valence electrons. The van der Waals surface area contributed by atoms with Crippen LogP contribution in [-0.4, -0.2) is 24.8 Å². The number of aliphatic hydroxyl groups is 1. The first kappa shape index (κ1) is 14.0. The SMILES string of the molecule is CCOC(=O)C(O)c1cc(OC)cc(C)c1Br. The van der Waals surface area contributed by atoms with Crippen LogP contribution in [0, 0.1) is 6.92 Å². The molecule has 0 saturated carbocycles. The van der Waals surface area contributed by atoms with E-state index >= 15 is 0 Å². The van der Waals surface area contributed by atoms with Gasteiger partial charge in [0.1, 0.15) is 5.75 Å². The summed E-state index contributed by atoms with van der Waals surface area (Å²) in [6.45, 7) is 3.78. The van der Waals surface area contributed by atoms with Gasteiger partial charge in [0.2, 0.25) is 0 Å². The molecule has 0 saturated heterocycles. The lowest BCUT2D eigenvalue weighted by molar-refractivity contribution is -0.153. The van der Waals surface area contributed by atoms with E-state index in [1.807, 2.05) is 13.0 Å². The van der Waals surface area contributed by atoms with E-state index in [9.17, 15) is 9.90 Å². The van der Waals surface area contributed by atoms with Gasteiger partial charge in [0.05, 0.1) is 13.7 Å². The fourth-order valence-corrected chi connectivity index (χ4v) is 1.87. The number of benzene rings is 1. The molecule has 4 nitrogen and oxygen atoms in total. The highest BCUT2D eigenvalue weighted by Crippen LogP contribution is 2.31. The predicted molar refractivity (Wildman–Crippen MR) is 67.0 cm³/mol. The van der Waals surface area contributed by atoms with Gasteiger partial charge in [-0.25, -0.2) is 4.79 Å². The average Bonchev–Trinajstić information content (AvgIpc) is 2.31. The Balaban J connectivity index is 3.11. The number of carbonyl (C=O) groups is 1. The van der Waals surface area contributed by atoms with Crippen LogP contribution in [0.2, 0.25) is 0 Å². The molecule has 0 aliphatic carbocycles. The smallest absolute Gasteiger partial charge is 0.339 e. The largest absolute Gasteiger partial charge is 0.497 e. The predicted octanol–water partition coefficient (Wildman–Crippen LogP) is 2.36. The van der Waals surface area contributed by atoms with Gasteiger partial charge >= 0.3 is 5.97 Å². The molecule has 1 aromatic rings. The van der Waals surface area contributed by atoms with Gasteiger partial charge in [-0.05, 0) is 31.5 Å². The van der Waals surface area contributed by atoms with Crippen LogP contribution >= 0.6 is 15.9 Å². The molecule has 0 amide bonds. The molecule has 1 aromatic carbocycles. The molecular weight excluding hydrogens is 288 g/mol. The van der Waals surface area contributed by atoms with Gasteiger partial charge < -0.3 is 14.6 Å². The van der Waals surface area contributed by atoms with E-state index < -0.39 is 12.1 Å². The summed E-state index contributed by atoms with van der Waals surface area (Å²) in [5.41, 5.74) is 1.32. The van der Waals surface area contributed by atoms with Crippen molar-refractivity contribution >= 4 is 21.9 Å². The zero-order valence-electron chi connectivity index (χ0n) is 9.99. The third-order valence-corrected chi connectivity index (χ3v) is 3.38. The second kappa shape index (κ2) is 6.02. The number of ether oxygens (including phenoxy) is 2. The maximum Gasteiger partial charge on any atom is 0.339 e.